The summed E-state index contributed by atoms with van der Waals surface area (Å²) in [6, 6.07) is 15.1. The summed E-state index contributed by atoms with van der Waals surface area (Å²) in [5, 5.41) is 17.6. The smallest absolute Gasteiger partial charge is 0.331 e. The van der Waals surface area contributed by atoms with Crippen LogP contribution in [0.25, 0.3) is 0 Å². The fourth-order valence-corrected chi connectivity index (χ4v) is 13.8. The van der Waals surface area contributed by atoms with Gasteiger partial charge in [0.05, 0.1) is 9.16 Å². The molecular formula is C34H38O10S7. The van der Waals surface area contributed by atoms with Gasteiger partial charge in [0.2, 0.25) is 0 Å². The average molecular weight is 831 g/mol. The van der Waals surface area contributed by atoms with Crippen LogP contribution in [0.2, 0.25) is 0 Å². The lowest BCUT2D eigenvalue weighted by atomic mass is 10.3. The highest BCUT2D eigenvalue weighted by molar-refractivity contribution is 8.21. The molecule has 4 rings (SSSR count). The van der Waals surface area contributed by atoms with Gasteiger partial charge in [0, 0.05) is 80.1 Å². The van der Waals surface area contributed by atoms with Crippen molar-refractivity contribution in [3.8, 4) is 11.5 Å². The van der Waals surface area contributed by atoms with Gasteiger partial charge in [0.15, 0.2) is 0 Å². The van der Waals surface area contributed by atoms with E-state index in [1.165, 1.54) is 0 Å². The van der Waals surface area contributed by atoms with Crippen molar-refractivity contribution in [2.75, 3.05) is 59.2 Å². The number of benzene rings is 2. The van der Waals surface area contributed by atoms with Crippen LogP contribution in [0.1, 0.15) is 0 Å². The summed E-state index contributed by atoms with van der Waals surface area (Å²) in [6.07, 6.45) is 2.24. The second-order valence-corrected chi connectivity index (χ2v) is 19.7. The molecule has 0 radical (unpaired) electrons. The maximum atomic E-state index is 12.2. The molecular weight excluding hydrogens is 793 g/mol. The number of carbonyl (C=O) groups is 4. The molecule has 2 aromatic carbocycles. The zero-order chi connectivity index (χ0) is 36.3. The number of aliphatic carboxylic acids is 2. The first-order chi connectivity index (χ1) is 24.7. The number of carboxylic acid groups (broad SMARTS) is 2. The molecule has 2 heterocycles. The van der Waals surface area contributed by atoms with E-state index < -0.39 is 36.1 Å². The monoisotopic (exact) mass is 830 g/mol. The molecule has 17 heteroatoms. The highest BCUT2D eigenvalue weighted by Gasteiger charge is 2.21. The van der Waals surface area contributed by atoms with E-state index in [2.05, 4.69) is 0 Å². The fraction of sp³-hybridized carbons (Fsp3) is 0.412. The van der Waals surface area contributed by atoms with Crippen molar-refractivity contribution in [1.29, 1.82) is 0 Å². The van der Waals surface area contributed by atoms with Crippen molar-refractivity contribution in [2.45, 2.75) is 31.2 Å². The van der Waals surface area contributed by atoms with Crippen LogP contribution in [0.15, 0.2) is 82.6 Å². The van der Waals surface area contributed by atoms with Crippen LogP contribution in [-0.4, -0.2) is 115 Å². The van der Waals surface area contributed by atoms with Gasteiger partial charge >= 0.3 is 23.9 Å². The van der Waals surface area contributed by atoms with E-state index in [0.29, 0.717) is 32.2 Å². The zero-order valence-corrected chi connectivity index (χ0v) is 33.0. The zero-order valence-electron chi connectivity index (χ0n) is 27.3. The highest BCUT2D eigenvalue weighted by atomic mass is 32.2. The molecule has 0 bridgehead atoms. The molecule has 0 saturated carbocycles. The van der Waals surface area contributed by atoms with Crippen LogP contribution in [-0.2, 0) is 28.7 Å². The van der Waals surface area contributed by atoms with Gasteiger partial charge in [-0.1, -0.05) is 11.8 Å². The lowest BCUT2D eigenvalue weighted by molar-refractivity contribution is -0.144. The van der Waals surface area contributed by atoms with E-state index in [9.17, 15) is 19.2 Å². The van der Waals surface area contributed by atoms with Crippen LogP contribution in [0.3, 0.4) is 0 Å². The van der Waals surface area contributed by atoms with Gasteiger partial charge in [-0.15, -0.1) is 47.0 Å². The molecule has 10 nitrogen and oxygen atoms in total. The molecule has 276 valence electrons. The number of carboxylic acids is 2. The second-order valence-electron chi connectivity index (χ2n) is 10.5. The van der Waals surface area contributed by atoms with Gasteiger partial charge in [-0.05, 0) is 48.5 Å². The van der Waals surface area contributed by atoms with E-state index >= 15 is 0 Å². The largest absolute Gasteiger partial charge is 0.490 e. The SMILES string of the molecule is O=C(O)/C=C/C(=O)OC(COc1ccc(Sc2ccc(OCC(CSCC3SCCS3)OC(=O)/C=C/C(=O)O)cc2)cc1)CSCC1SCCS1. The Labute approximate surface area is 327 Å². The first kappa shape index (κ1) is 41.6. The van der Waals surface area contributed by atoms with Gasteiger partial charge < -0.3 is 29.2 Å². The van der Waals surface area contributed by atoms with Crippen LogP contribution in [0, 0.1) is 0 Å². The topological polar surface area (TPSA) is 146 Å². The second kappa shape index (κ2) is 23.5. The van der Waals surface area contributed by atoms with Crippen LogP contribution in [0.4, 0.5) is 0 Å². The summed E-state index contributed by atoms with van der Waals surface area (Å²) in [4.78, 5) is 47.8. The molecule has 2 aromatic rings. The highest BCUT2D eigenvalue weighted by Crippen LogP contribution is 2.35. The van der Waals surface area contributed by atoms with Gasteiger partial charge in [0.25, 0.3) is 0 Å². The fourth-order valence-electron chi connectivity index (χ4n) is 4.24. The third-order valence-electron chi connectivity index (χ3n) is 6.54. The van der Waals surface area contributed by atoms with Gasteiger partial charge in [-0.25, -0.2) is 19.2 Å². The van der Waals surface area contributed by atoms with Crippen molar-refractivity contribution in [1.82, 2.24) is 0 Å². The Morgan fingerprint density at radius 3 is 1.35 bits per heavy atom. The van der Waals surface area contributed by atoms with E-state index in [0.717, 1.165) is 68.6 Å². The predicted molar refractivity (Wildman–Crippen MR) is 213 cm³/mol. The van der Waals surface area contributed by atoms with Crippen LogP contribution >= 0.6 is 82.3 Å². The number of thioether (sulfide) groups is 6. The van der Waals surface area contributed by atoms with E-state index in [1.807, 2.05) is 95.6 Å². The Morgan fingerprint density at radius 1 is 0.627 bits per heavy atom. The maximum absolute atomic E-state index is 12.2. The summed E-state index contributed by atoms with van der Waals surface area (Å²) in [7, 11) is 0. The number of rotatable bonds is 22. The van der Waals surface area contributed by atoms with Gasteiger partial charge in [-0.3, -0.25) is 0 Å². The van der Waals surface area contributed by atoms with Gasteiger partial charge in [-0.2, -0.15) is 23.5 Å². The summed E-state index contributed by atoms with van der Waals surface area (Å²) in [6.45, 7) is 0.268. The molecule has 2 aliphatic rings. The van der Waals surface area contributed by atoms with Crippen LogP contribution in [0.5, 0.6) is 11.5 Å². The van der Waals surface area contributed by atoms with Crippen molar-refractivity contribution in [3.63, 3.8) is 0 Å². The van der Waals surface area contributed by atoms with Crippen molar-refractivity contribution in [2.24, 2.45) is 0 Å². The Hall–Kier alpha value is -2.15. The molecule has 51 heavy (non-hydrogen) atoms. The molecule has 0 amide bonds. The number of carbonyl (C=O) groups excluding carboxylic acids is 2. The quantitative estimate of drug-likeness (QED) is 0.0949. The third-order valence-corrected chi connectivity index (χ3v) is 16.8. The minimum atomic E-state index is -1.22. The van der Waals surface area contributed by atoms with Gasteiger partial charge in [0.1, 0.15) is 36.9 Å². The molecule has 2 unspecified atom stereocenters. The third kappa shape index (κ3) is 17.5. The number of esters is 2. The molecule has 2 fully saturated rings. The lowest BCUT2D eigenvalue weighted by Gasteiger charge is -2.18. The Kier molecular flexibility index (Phi) is 19.2. The van der Waals surface area contributed by atoms with E-state index in [1.54, 1.807) is 35.3 Å². The summed E-state index contributed by atoms with van der Waals surface area (Å²) < 4.78 is 23.9. The van der Waals surface area contributed by atoms with E-state index in [4.69, 9.17) is 29.2 Å². The normalized spacial score (nSPS) is 16.3. The number of hydrogen-bond donors (Lipinski definition) is 2. The lowest BCUT2D eigenvalue weighted by Crippen LogP contribution is -2.27. The molecule has 2 atom stereocenters. The number of ether oxygens (including phenoxy) is 4. The maximum Gasteiger partial charge on any atom is 0.331 e. The summed E-state index contributed by atoms with van der Waals surface area (Å²) in [5.41, 5.74) is 0. The molecule has 0 aromatic heterocycles. The average Bonchev–Trinajstić information content (AvgIpc) is 3.84. The predicted octanol–water partition coefficient (Wildman–Crippen LogP) is 6.78. The summed E-state index contributed by atoms with van der Waals surface area (Å²) >= 11 is 12.7. The van der Waals surface area contributed by atoms with Crippen LogP contribution < -0.4 is 9.47 Å². The Morgan fingerprint density at radius 2 is 1.00 bits per heavy atom. The van der Waals surface area contributed by atoms with E-state index in [-0.39, 0.29) is 13.2 Å². The van der Waals surface area contributed by atoms with Crippen molar-refractivity contribution in [3.05, 3.63) is 72.8 Å². The minimum absolute atomic E-state index is 0.134. The summed E-state index contributed by atoms with van der Waals surface area (Å²) in [5.74, 6) is 4.83. The first-order valence-corrected chi connectivity index (χ1v) is 23.0. The Balaban J connectivity index is 1.24. The Bertz CT molecular complexity index is 1350. The molecule has 2 saturated heterocycles. The molecule has 0 spiro atoms. The minimum Gasteiger partial charge on any atom is -0.490 e. The standard InChI is InChI=1S/C34H38O10S7/c35-29(36)9-11-31(39)43-25(19-45-21-33-47-13-14-48-33)17-41-23-1-5-27(6-2-23)51-28-7-3-24(4-8-28)42-18-26(44-32(40)12-10-30(37)38)20-46-22-34-49-15-16-50-34/h1-12,25-26,33-34H,13-22H2,(H,35,36)(H,37,38)/b11-9+,12-10+. The first-order valence-electron chi connectivity index (χ1n) is 15.7. The van der Waals surface area contributed by atoms with Crippen molar-refractivity contribution >= 4 is 106 Å². The molecule has 2 aliphatic heterocycles. The molecule has 0 aliphatic carbocycles. The number of hydrogen-bond acceptors (Lipinski definition) is 15. The molecule has 2 N–H and O–H groups in total. The van der Waals surface area contributed by atoms with Crippen molar-refractivity contribution < 1.29 is 48.3 Å².